The molecule has 2 aliphatic rings. The van der Waals surface area contributed by atoms with Gasteiger partial charge < -0.3 is 25.4 Å². The molecule has 5 rings (SSSR count). The zero-order valence-corrected chi connectivity index (χ0v) is 22.5. The van der Waals surface area contributed by atoms with Gasteiger partial charge in [0.2, 0.25) is 0 Å². The topological polar surface area (TPSA) is 84.9 Å². The first-order valence-corrected chi connectivity index (χ1v) is 12.5. The molecule has 0 radical (unpaired) electrons. The first kappa shape index (κ1) is 25.6. The van der Waals surface area contributed by atoms with E-state index >= 15 is 0 Å². The Morgan fingerprint density at radius 1 is 0.719 bits per heavy atom. The second-order valence-electron chi connectivity index (χ2n) is 7.62. The van der Waals surface area contributed by atoms with Gasteiger partial charge in [-0.15, -0.1) is 0 Å². The van der Waals surface area contributed by atoms with Gasteiger partial charge in [0.15, 0.2) is 0 Å². The molecule has 3 aromatic rings. The lowest BCUT2D eigenvalue weighted by molar-refractivity contribution is -0.184. The van der Waals surface area contributed by atoms with Crippen molar-refractivity contribution in [3.05, 3.63) is 96.4 Å². The van der Waals surface area contributed by atoms with Gasteiger partial charge in [-0.1, -0.05) is 62.2 Å². The fraction of sp³-hybridized carbons (Fsp3) is 0.250. The number of nitrogens with two attached hydrogens (primary N) is 1. The molecule has 0 atom stereocenters. The molecule has 170 valence electrons. The molecule has 3 aromatic carbocycles. The van der Waals surface area contributed by atoms with Gasteiger partial charge in [0, 0.05) is 18.2 Å². The number of hydrogen-bond donors (Lipinski definition) is 3. The van der Waals surface area contributed by atoms with Crippen LogP contribution in [0, 0.1) is 3.57 Å². The third kappa shape index (κ3) is 6.99. The van der Waals surface area contributed by atoms with Gasteiger partial charge in [0.05, 0.1) is 26.4 Å². The summed E-state index contributed by atoms with van der Waals surface area (Å²) < 4.78 is 13.3. The molecule has 2 aliphatic heterocycles. The molecule has 8 heteroatoms. The van der Waals surface area contributed by atoms with E-state index in [1.54, 1.807) is 12.1 Å². The van der Waals surface area contributed by atoms with Crippen LogP contribution in [0.4, 0.5) is 5.69 Å². The van der Waals surface area contributed by atoms with Gasteiger partial charge in [-0.05, 0) is 76.2 Å². The molecule has 0 unspecified atom stereocenters. The molecule has 0 saturated carbocycles. The van der Waals surface area contributed by atoms with Crippen molar-refractivity contribution in [3.63, 3.8) is 0 Å². The lowest BCUT2D eigenvalue weighted by Crippen LogP contribution is -2.46. The number of benzene rings is 3. The van der Waals surface area contributed by atoms with Crippen LogP contribution in [0.25, 0.3) is 0 Å². The molecule has 4 N–H and O–H groups in total. The first-order chi connectivity index (χ1) is 15.2. The highest BCUT2D eigenvalue weighted by atomic mass is 127. The second kappa shape index (κ2) is 11.4. The highest BCUT2D eigenvalue weighted by Gasteiger charge is 2.38. The number of ether oxygens (including phenoxy) is 2. The van der Waals surface area contributed by atoms with Crippen LogP contribution in [0.1, 0.15) is 11.1 Å². The zero-order chi connectivity index (χ0) is 23.2. The number of aliphatic hydroxyl groups is 2. The minimum Gasteiger partial charge on any atom is -0.399 e. The van der Waals surface area contributed by atoms with Crippen LogP contribution in [0.5, 0.6) is 0 Å². The van der Waals surface area contributed by atoms with Gasteiger partial charge in [-0.25, -0.2) is 0 Å². The molecule has 0 aromatic heterocycles. The van der Waals surface area contributed by atoms with Crippen molar-refractivity contribution in [2.45, 2.75) is 11.2 Å². The molecule has 0 amide bonds. The number of rotatable bonds is 2. The second-order valence-corrected chi connectivity index (χ2v) is 10.7. The monoisotopic (exact) mass is 675 g/mol. The quantitative estimate of drug-likeness (QED) is 0.257. The van der Waals surface area contributed by atoms with E-state index in [0.717, 1.165) is 20.1 Å². The summed E-state index contributed by atoms with van der Waals surface area (Å²) in [7, 11) is 0. The van der Waals surface area contributed by atoms with Crippen molar-refractivity contribution >= 4 is 60.1 Å². The molecule has 0 aliphatic carbocycles. The maximum absolute atomic E-state index is 9.86. The average molecular weight is 677 g/mol. The Bertz CT molecular complexity index is 963. The lowest BCUT2D eigenvalue weighted by Gasteiger charge is -2.36. The van der Waals surface area contributed by atoms with Crippen LogP contribution in [0.15, 0.2) is 81.7 Å². The number of halogens is 3. The van der Waals surface area contributed by atoms with Gasteiger partial charge in [-0.3, -0.25) is 0 Å². The third-order valence-electron chi connectivity index (χ3n) is 4.94. The first-order valence-electron chi connectivity index (χ1n) is 9.84. The SMILES string of the molecule is Brc1cccc(I)c1.Nc1cccc(C2(O)COC2)c1.OC1(c2cccc(Br)c2)COC1. The van der Waals surface area contributed by atoms with E-state index in [-0.39, 0.29) is 0 Å². The lowest BCUT2D eigenvalue weighted by atomic mass is 9.92. The summed E-state index contributed by atoms with van der Waals surface area (Å²) >= 11 is 8.99. The summed E-state index contributed by atoms with van der Waals surface area (Å²) in [5, 5.41) is 19.7. The molecule has 0 spiro atoms. The van der Waals surface area contributed by atoms with E-state index in [9.17, 15) is 10.2 Å². The molecular formula is C24H24Br2INO4. The largest absolute Gasteiger partial charge is 0.399 e. The third-order valence-corrected chi connectivity index (χ3v) is 6.59. The van der Waals surface area contributed by atoms with E-state index in [4.69, 9.17) is 15.2 Å². The number of hydrogen-bond acceptors (Lipinski definition) is 5. The van der Waals surface area contributed by atoms with E-state index < -0.39 is 11.2 Å². The van der Waals surface area contributed by atoms with Crippen molar-refractivity contribution < 1.29 is 19.7 Å². The Hall–Kier alpha value is -1.01. The Kier molecular flexibility index (Phi) is 9.14. The van der Waals surface area contributed by atoms with Crippen molar-refractivity contribution in [3.8, 4) is 0 Å². The predicted molar refractivity (Wildman–Crippen MR) is 141 cm³/mol. The van der Waals surface area contributed by atoms with Crippen LogP contribution >= 0.6 is 54.5 Å². The molecule has 5 nitrogen and oxygen atoms in total. The predicted octanol–water partition coefficient (Wildman–Crippen LogP) is 5.21. The molecule has 2 saturated heterocycles. The molecule has 32 heavy (non-hydrogen) atoms. The van der Waals surface area contributed by atoms with Crippen LogP contribution in [-0.4, -0.2) is 36.6 Å². The summed E-state index contributed by atoms with van der Waals surface area (Å²) in [6.07, 6.45) is 0. The Morgan fingerprint density at radius 3 is 1.56 bits per heavy atom. The fourth-order valence-corrected chi connectivity index (χ4v) is 4.76. The van der Waals surface area contributed by atoms with Gasteiger partial charge in [-0.2, -0.15) is 0 Å². The van der Waals surface area contributed by atoms with Crippen LogP contribution < -0.4 is 5.73 Å². The van der Waals surface area contributed by atoms with Crippen LogP contribution in [-0.2, 0) is 20.7 Å². The summed E-state index contributed by atoms with van der Waals surface area (Å²) in [4.78, 5) is 0. The van der Waals surface area contributed by atoms with Crippen molar-refractivity contribution in [1.82, 2.24) is 0 Å². The van der Waals surface area contributed by atoms with Crippen molar-refractivity contribution in [1.29, 1.82) is 0 Å². The maximum Gasteiger partial charge on any atom is 0.136 e. The maximum atomic E-state index is 9.86. The van der Waals surface area contributed by atoms with E-state index in [0.29, 0.717) is 32.1 Å². The standard InChI is InChI=1S/C9H9BrO2.C9H11NO2.C6H4BrI/c2*10-8-3-1-2-7(4-8)9(11)5-12-6-9;7-5-2-1-3-6(8)4-5/h1-4,11H,5-6H2;1-4,11H,5-6,10H2;1-4H. The smallest absolute Gasteiger partial charge is 0.136 e. The molecule has 0 bridgehead atoms. The number of anilines is 1. The summed E-state index contributed by atoms with van der Waals surface area (Å²) in [6.45, 7) is 1.56. The fourth-order valence-electron chi connectivity index (χ4n) is 2.99. The van der Waals surface area contributed by atoms with Gasteiger partial charge in [0.1, 0.15) is 11.2 Å². The Morgan fingerprint density at radius 2 is 1.19 bits per heavy atom. The van der Waals surface area contributed by atoms with E-state index in [2.05, 4.69) is 66.6 Å². The van der Waals surface area contributed by atoms with Crippen LogP contribution in [0.2, 0.25) is 0 Å². The summed E-state index contributed by atoms with van der Waals surface area (Å²) in [5.41, 5.74) is 6.47. The molecule has 2 heterocycles. The van der Waals surface area contributed by atoms with Crippen LogP contribution in [0.3, 0.4) is 0 Å². The van der Waals surface area contributed by atoms with E-state index in [1.807, 2.05) is 48.5 Å². The average Bonchev–Trinajstić information content (AvgIpc) is 2.71. The highest BCUT2D eigenvalue weighted by Crippen LogP contribution is 2.31. The minimum absolute atomic E-state index is 0.371. The van der Waals surface area contributed by atoms with Crippen molar-refractivity contribution in [2.24, 2.45) is 0 Å². The summed E-state index contributed by atoms with van der Waals surface area (Å²) in [6, 6.07) is 23.1. The summed E-state index contributed by atoms with van der Waals surface area (Å²) in [5.74, 6) is 0. The normalized spacial score (nSPS) is 17.4. The highest BCUT2D eigenvalue weighted by molar-refractivity contribution is 14.1. The molecule has 2 fully saturated rings. The Labute approximate surface area is 218 Å². The number of nitrogen functional groups attached to an aromatic ring is 1. The Balaban J connectivity index is 0.000000139. The molecular weight excluding hydrogens is 653 g/mol. The van der Waals surface area contributed by atoms with Gasteiger partial charge in [0.25, 0.3) is 0 Å². The van der Waals surface area contributed by atoms with E-state index in [1.165, 1.54) is 3.57 Å². The minimum atomic E-state index is -0.796. The van der Waals surface area contributed by atoms with Gasteiger partial charge >= 0.3 is 0 Å². The van der Waals surface area contributed by atoms with Crippen molar-refractivity contribution in [2.75, 3.05) is 32.2 Å². The zero-order valence-electron chi connectivity index (χ0n) is 17.2.